The highest BCUT2D eigenvalue weighted by atomic mass is 32.1. The Labute approximate surface area is 165 Å². The zero-order chi connectivity index (χ0) is 19.9. The maximum Gasteiger partial charge on any atom is 0.286 e. The molecule has 0 bridgehead atoms. The zero-order valence-electron chi connectivity index (χ0n) is 15.2. The van der Waals surface area contributed by atoms with Crippen LogP contribution in [-0.2, 0) is 17.8 Å². The van der Waals surface area contributed by atoms with Crippen LogP contribution >= 0.6 is 11.3 Å². The summed E-state index contributed by atoms with van der Waals surface area (Å²) in [6.07, 6.45) is 0.591. The van der Waals surface area contributed by atoms with Crippen LogP contribution in [0.15, 0.2) is 48.5 Å². The van der Waals surface area contributed by atoms with Crippen molar-refractivity contribution >= 4 is 28.8 Å². The Morgan fingerprint density at radius 2 is 1.89 bits per heavy atom. The Balaban J connectivity index is 1.46. The van der Waals surface area contributed by atoms with E-state index in [0.29, 0.717) is 22.7 Å². The summed E-state index contributed by atoms with van der Waals surface area (Å²) in [7, 11) is 0. The molecule has 1 heterocycles. The smallest absolute Gasteiger partial charge is 0.286 e. The third-order valence-electron chi connectivity index (χ3n) is 3.92. The molecule has 6 nitrogen and oxygen atoms in total. The molecular weight excluding hydrogens is 379 g/mol. The second-order valence-electron chi connectivity index (χ2n) is 6.23. The van der Waals surface area contributed by atoms with Gasteiger partial charge in [0.15, 0.2) is 0 Å². The van der Waals surface area contributed by atoms with Crippen LogP contribution in [0.5, 0.6) is 0 Å². The topological polar surface area (TPSA) is 84.0 Å². The molecule has 0 saturated carbocycles. The molecule has 1 aromatic heterocycles. The lowest BCUT2D eigenvalue weighted by Gasteiger charge is -2.04. The number of aromatic nitrogens is 2. The maximum absolute atomic E-state index is 13.1. The summed E-state index contributed by atoms with van der Waals surface area (Å²) < 4.78 is 13.1. The Kier molecular flexibility index (Phi) is 6.44. The molecule has 0 atom stereocenters. The van der Waals surface area contributed by atoms with Crippen LogP contribution < -0.4 is 10.6 Å². The average molecular weight is 398 g/mol. The van der Waals surface area contributed by atoms with Gasteiger partial charge in [-0.3, -0.25) is 9.59 Å². The Bertz CT molecular complexity index is 972. The van der Waals surface area contributed by atoms with E-state index in [2.05, 4.69) is 20.8 Å². The number of aryl methyl sites for hydroxylation is 2. The number of nitrogens with one attached hydrogen (secondary N) is 2. The van der Waals surface area contributed by atoms with Crippen molar-refractivity contribution in [3.63, 3.8) is 0 Å². The lowest BCUT2D eigenvalue weighted by molar-refractivity contribution is -0.121. The Morgan fingerprint density at radius 1 is 1.11 bits per heavy atom. The highest BCUT2D eigenvalue weighted by Crippen LogP contribution is 2.15. The van der Waals surface area contributed by atoms with E-state index in [9.17, 15) is 14.0 Å². The molecule has 8 heteroatoms. The van der Waals surface area contributed by atoms with Gasteiger partial charge in [-0.2, -0.15) is 0 Å². The molecule has 3 aromatic rings. The molecule has 0 unspecified atom stereocenters. The van der Waals surface area contributed by atoms with Gasteiger partial charge in [0.2, 0.25) is 10.9 Å². The van der Waals surface area contributed by atoms with Crippen LogP contribution in [0.4, 0.5) is 10.1 Å². The van der Waals surface area contributed by atoms with Crippen LogP contribution in [0.25, 0.3) is 0 Å². The summed E-state index contributed by atoms with van der Waals surface area (Å²) in [5.41, 5.74) is 2.48. The largest absolute Gasteiger partial charge is 0.352 e. The summed E-state index contributed by atoms with van der Waals surface area (Å²) >= 11 is 1.16. The number of rotatable bonds is 7. The third kappa shape index (κ3) is 5.68. The summed E-state index contributed by atoms with van der Waals surface area (Å²) in [4.78, 5) is 24.2. The van der Waals surface area contributed by atoms with Crippen molar-refractivity contribution in [1.82, 2.24) is 15.5 Å². The molecule has 0 aliphatic carbocycles. The molecular formula is C20H19FN4O2S. The van der Waals surface area contributed by atoms with Gasteiger partial charge in [0.05, 0.1) is 0 Å². The standard InChI is InChI=1S/C20H19FN4O2S/c1-13-5-7-16(8-6-13)23-19(27)20-25-24-18(28-20)10-9-17(26)22-12-14-3-2-4-15(21)11-14/h2-8,11H,9-10,12H2,1H3,(H,22,26)(H,23,27). The Morgan fingerprint density at radius 3 is 2.64 bits per heavy atom. The fraction of sp³-hybridized carbons (Fsp3) is 0.200. The zero-order valence-corrected chi connectivity index (χ0v) is 16.1. The van der Waals surface area contributed by atoms with E-state index in [1.165, 1.54) is 12.1 Å². The maximum atomic E-state index is 13.1. The van der Waals surface area contributed by atoms with Crippen LogP contribution in [-0.4, -0.2) is 22.0 Å². The van der Waals surface area contributed by atoms with Crippen molar-refractivity contribution in [3.8, 4) is 0 Å². The minimum atomic E-state index is -0.336. The van der Waals surface area contributed by atoms with Gasteiger partial charge in [0.25, 0.3) is 5.91 Å². The molecule has 144 valence electrons. The van der Waals surface area contributed by atoms with Crippen molar-refractivity contribution in [2.75, 3.05) is 5.32 Å². The van der Waals surface area contributed by atoms with Gasteiger partial charge in [0.1, 0.15) is 10.8 Å². The number of carbonyl (C=O) groups is 2. The quantitative estimate of drug-likeness (QED) is 0.638. The van der Waals surface area contributed by atoms with Crippen LogP contribution in [0.1, 0.15) is 32.4 Å². The first kappa shape index (κ1) is 19.6. The predicted molar refractivity (Wildman–Crippen MR) is 106 cm³/mol. The minimum absolute atomic E-state index is 0.176. The van der Waals surface area contributed by atoms with Gasteiger partial charge in [-0.05, 0) is 36.8 Å². The van der Waals surface area contributed by atoms with Crippen molar-refractivity contribution in [3.05, 3.63) is 75.5 Å². The van der Waals surface area contributed by atoms with Crippen LogP contribution in [0.2, 0.25) is 0 Å². The van der Waals surface area contributed by atoms with Gasteiger partial charge < -0.3 is 10.6 Å². The van der Waals surface area contributed by atoms with Gasteiger partial charge in [-0.15, -0.1) is 10.2 Å². The van der Waals surface area contributed by atoms with Crippen molar-refractivity contribution < 1.29 is 14.0 Å². The summed E-state index contributed by atoms with van der Waals surface area (Å²) in [6, 6.07) is 13.5. The van der Waals surface area contributed by atoms with Crippen LogP contribution in [0.3, 0.4) is 0 Å². The molecule has 0 radical (unpaired) electrons. The highest BCUT2D eigenvalue weighted by molar-refractivity contribution is 7.13. The molecule has 0 fully saturated rings. The molecule has 0 aliphatic rings. The van der Waals surface area contributed by atoms with E-state index in [1.54, 1.807) is 12.1 Å². The van der Waals surface area contributed by atoms with Gasteiger partial charge in [-0.25, -0.2) is 4.39 Å². The van der Waals surface area contributed by atoms with Crippen molar-refractivity contribution in [1.29, 1.82) is 0 Å². The first-order valence-corrected chi connectivity index (χ1v) is 9.53. The summed E-state index contributed by atoms with van der Waals surface area (Å²) in [5, 5.41) is 14.2. The first-order valence-electron chi connectivity index (χ1n) is 8.71. The van der Waals surface area contributed by atoms with E-state index >= 15 is 0 Å². The second-order valence-corrected chi connectivity index (χ2v) is 7.29. The average Bonchev–Trinajstić information content (AvgIpc) is 3.16. The van der Waals surface area contributed by atoms with E-state index in [0.717, 1.165) is 16.9 Å². The number of hydrogen-bond donors (Lipinski definition) is 2. The first-order chi connectivity index (χ1) is 13.5. The third-order valence-corrected chi connectivity index (χ3v) is 4.90. The molecule has 0 spiro atoms. The fourth-order valence-electron chi connectivity index (χ4n) is 2.42. The molecule has 2 N–H and O–H groups in total. The lowest BCUT2D eigenvalue weighted by atomic mass is 10.2. The van der Waals surface area contributed by atoms with Gasteiger partial charge >= 0.3 is 0 Å². The molecule has 3 rings (SSSR count). The minimum Gasteiger partial charge on any atom is -0.352 e. The van der Waals surface area contributed by atoms with E-state index in [1.807, 2.05) is 31.2 Å². The number of benzene rings is 2. The normalized spacial score (nSPS) is 10.5. The number of halogens is 1. The van der Waals surface area contributed by atoms with E-state index in [-0.39, 0.29) is 35.6 Å². The molecule has 0 saturated heterocycles. The molecule has 28 heavy (non-hydrogen) atoms. The number of anilines is 1. The summed E-state index contributed by atoms with van der Waals surface area (Å²) in [6.45, 7) is 2.23. The van der Waals surface area contributed by atoms with Crippen LogP contribution in [0, 0.1) is 12.7 Å². The number of hydrogen-bond acceptors (Lipinski definition) is 5. The molecule has 2 aromatic carbocycles. The molecule has 2 amide bonds. The van der Waals surface area contributed by atoms with Crippen molar-refractivity contribution in [2.24, 2.45) is 0 Å². The Hall–Kier alpha value is -3.13. The van der Waals surface area contributed by atoms with Gasteiger partial charge in [-0.1, -0.05) is 41.2 Å². The predicted octanol–water partition coefficient (Wildman–Crippen LogP) is 3.49. The molecule has 0 aliphatic heterocycles. The number of nitrogens with zero attached hydrogens (tertiary/aromatic N) is 2. The highest BCUT2D eigenvalue weighted by Gasteiger charge is 2.14. The monoisotopic (exact) mass is 398 g/mol. The van der Waals surface area contributed by atoms with Crippen molar-refractivity contribution in [2.45, 2.75) is 26.3 Å². The van der Waals surface area contributed by atoms with Gasteiger partial charge in [0, 0.05) is 25.1 Å². The van der Waals surface area contributed by atoms with E-state index in [4.69, 9.17) is 0 Å². The SMILES string of the molecule is Cc1ccc(NC(=O)c2nnc(CCC(=O)NCc3cccc(F)c3)s2)cc1. The second kappa shape index (κ2) is 9.18. The number of carbonyl (C=O) groups excluding carboxylic acids is 2. The summed E-state index contributed by atoms with van der Waals surface area (Å²) in [5.74, 6) is -0.842. The van der Waals surface area contributed by atoms with E-state index < -0.39 is 0 Å². The lowest BCUT2D eigenvalue weighted by Crippen LogP contribution is -2.23. The fourth-order valence-corrected chi connectivity index (χ4v) is 3.16. The number of amides is 2.